The molecule has 0 fully saturated rings. The monoisotopic (exact) mass is 353 g/mol. The molecule has 8 nitrogen and oxygen atoms in total. The fourth-order valence-electron chi connectivity index (χ4n) is 3.22. The summed E-state index contributed by atoms with van der Waals surface area (Å²) in [5.41, 5.74) is 1.85. The zero-order valence-electron chi connectivity index (χ0n) is 14.3. The number of hydrogen-bond acceptors (Lipinski definition) is 5. The number of para-hydroxylation sites is 1. The highest BCUT2D eigenvalue weighted by Crippen LogP contribution is 2.43. The van der Waals surface area contributed by atoms with Crippen molar-refractivity contribution in [2.45, 2.75) is 18.9 Å². The molecular formula is C18H19N5O3. The van der Waals surface area contributed by atoms with Crippen LogP contribution in [0.5, 0.6) is 11.5 Å². The molecule has 0 saturated carbocycles. The van der Waals surface area contributed by atoms with Crippen molar-refractivity contribution < 1.29 is 14.3 Å². The van der Waals surface area contributed by atoms with Crippen molar-refractivity contribution in [1.82, 2.24) is 19.7 Å². The van der Waals surface area contributed by atoms with Gasteiger partial charge in [0.2, 0.25) is 5.91 Å². The molecule has 1 aliphatic rings. The fraction of sp³-hybridized carbons (Fsp3) is 0.278. The number of amides is 1. The van der Waals surface area contributed by atoms with E-state index < -0.39 is 0 Å². The third-order valence-corrected chi connectivity index (χ3v) is 4.46. The molecule has 2 aromatic heterocycles. The second-order valence-electron chi connectivity index (χ2n) is 6.03. The summed E-state index contributed by atoms with van der Waals surface area (Å²) in [5, 5.41) is 9.70. The number of aromatic amines is 1. The average Bonchev–Trinajstić information content (AvgIpc) is 3.32. The van der Waals surface area contributed by atoms with Crippen molar-refractivity contribution in [2.75, 3.05) is 19.0 Å². The minimum absolute atomic E-state index is 0.0565. The van der Waals surface area contributed by atoms with E-state index in [1.165, 1.54) is 0 Å². The van der Waals surface area contributed by atoms with Crippen LogP contribution in [0.2, 0.25) is 0 Å². The second-order valence-corrected chi connectivity index (χ2v) is 6.03. The lowest BCUT2D eigenvalue weighted by atomic mass is 9.86. The van der Waals surface area contributed by atoms with E-state index in [1.807, 2.05) is 29.0 Å². The number of hydrogen-bond donors (Lipinski definition) is 2. The van der Waals surface area contributed by atoms with Gasteiger partial charge in [0.15, 0.2) is 11.5 Å². The van der Waals surface area contributed by atoms with Gasteiger partial charge in [-0.3, -0.25) is 9.89 Å². The van der Waals surface area contributed by atoms with Crippen LogP contribution in [-0.2, 0) is 11.3 Å². The molecule has 1 unspecified atom stereocenters. The van der Waals surface area contributed by atoms with E-state index in [0.29, 0.717) is 36.9 Å². The predicted octanol–water partition coefficient (Wildman–Crippen LogP) is 2.17. The molecule has 0 saturated heterocycles. The van der Waals surface area contributed by atoms with Crippen molar-refractivity contribution in [3.63, 3.8) is 0 Å². The van der Waals surface area contributed by atoms with E-state index in [4.69, 9.17) is 9.47 Å². The summed E-state index contributed by atoms with van der Waals surface area (Å²) in [6.07, 6.45) is 7.44. The third kappa shape index (κ3) is 3.01. The first-order chi connectivity index (χ1) is 12.8. The molecule has 2 N–H and O–H groups in total. The van der Waals surface area contributed by atoms with Crippen molar-refractivity contribution in [3.05, 3.63) is 54.2 Å². The largest absolute Gasteiger partial charge is 0.493 e. The number of aromatic nitrogens is 4. The predicted molar refractivity (Wildman–Crippen MR) is 94.4 cm³/mol. The van der Waals surface area contributed by atoms with Gasteiger partial charge in [0, 0.05) is 35.9 Å². The summed E-state index contributed by atoms with van der Waals surface area (Å²) in [7, 11) is 1.61. The number of carbonyl (C=O) groups excluding carboxylic acids is 1. The molecule has 3 aromatic rings. The molecule has 0 aliphatic carbocycles. The Morgan fingerprint density at radius 3 is 3.08 bits per heavy atom. The molecule has 1 atom stereocenters. The molecule has 1 aliphatic heterocycles. The average molecular weight is 353 g/mol. The molecule has 8 heteroatoms. The number of H-pyrrole nitrogens is 1. The molecule has 1 aromatic carbocycles. The lowest BCUT2D eigenvalue weighted by Crippen LogP contribution is -2.23. The molecule has 0 spiro atoms. The number of anilines is 1. The number of imidazole rings is 1. The van der Waals surface area contributed by atoms with Gasteiger partial charge in [0.1, 0.15) is 12.4 Å². The Morgan fingerprint density at radius 2 is 2.27 bits per heavy atom. The lowest BCUT2D eigenvalue weighted by molar-refractivity contribution is -0.116. The Labute approximate surface area is 150 Å². The van der Waals surface area contributed by atoms with Crippen molar-refractivity contribution in [1.29, 1.82) is 0 Å². The first-order valence-corrected chi connectivity index (χ1v) is 8.35. The number of nitrogens with zero attached hydrogens (tertiary/aromatic N) is 3. The highest BCUT2D eigenvalue weighted by atomic mass is 16.5. The van der Waals surface area contributed by atoms with E-state index in [-0.39, 0.29) is 11.8 Å². The maximum Gasteiger partial charge on any atom is 0.226 e. The first-order valence-electron chi connectivity index (χ1n) is 8.35. The molecule has 134 valence electrons. The maximum atomic E-state index is 12.1. The van der Waals surface area contributed by atoms with Gasteiger partial charge in [0.25, 0.3) is 0 Å². The first kappa shape index (κ1) is 16.2. The highest BCUT2D eigenvalue weighted by Gasteiger charge is 2.31. The minimum atomic E-state index is -0.143. The van der Waals surface area contributed by atoms with Gasteiger partial charge in [0.05, 0.1) is 26.2 Å². The second kappa shape index (κ2) is 6.91. The standard InChI is InChI=1S/C18H19N5O3/c1-25-15-4-2-3-12(17(15)26-8-7-23-6-5-19-11-23)13-9-16(24)21-18-14(13)10-20-22-18/h2-6,10-11,13H,7-9H2,1H3,(H2,20,21,22,24). The van der Waals surface area contributed by atoms with Crippen LogP contribution in [0.15, 0.2) is 43.1 Å². The summed E-state index contributed by atoms with van der Waals surface area (Å²) < 4.78 is 13.5. The maximum absolute atomic E-state index is 12.1. The SMILES string of the molecule is COc1cccc(C2CC(=O)Nc3[nH]ncc32)c1OCCn1ccnc1. The number of nitrogens with one attached hydrogen (secondary N) is 2. The van der Waals surface area contributed by atoms with Gasteiger partial charge in [-0.15, -0.1) is 0 Å². The Balaban J connectivity index is 1.65. The molecular weight excluding hydrogens is 334 g/mol. The molecule has 3 heterocycles. The number of methoxy groups -OCH3 is 1. The summed E-state index contributed by atoms with van der Waals surface area (Å²) in [6.45, 7) is 1.13. The van der Waals surface area contributed by atoms with E-state index in [0.717, 1.165) is 11.1 Å². The van der Waals surface area contributed by atoms with Crippen LogP contribution in [0, 0.1) is 0 Å². The Hall–Kier alpha value is -3.29. The summed E-state index contributed by atoms with van der Waals surface area (Å²) >= 11 is 0. The van der Waals surface area contributed by atoms with Gasteiger partial charge >= 0.3 is 0 Å². The number of carbonyl (C=O) groups is 1. The molecule has 0 bridgehead atoms. The van der Waals surface area contributed by atoms with E-state index in [9.17, 15) is 4.79 Å². The number of ether oxygens (including phenoxy) is 2. The van der Waals surface area contributed by atoms with Crippen LogP contribution >= 0.6 is 0 Å². The van der Waals surface area contributed by atoms with Crippen molar-refractivity contribution in [3.8, 4) is 11.5 Å². The fourth-order valence-corrected chi connectivity index (χ4v) is 3.22. The van der Waals surface area contributed by atoms with Crippen LogP contribution in [0.25, 0.3) is 0 Å². The molecule has 0 radical (unpaired) electrons. The summed E-state index contributed by atoms with van der Waals surface area (Å²) in [5.74, 6) is 1.74. The van der Waals surface area contributed by atoms with Crippen molar-refractivity contribution in [2.24, 2.45) is 0 Å². The Morgan fingerprint density at radius 1 is 1.35 bits per heavy atom. The topological polar surface area (TPSA) is 94.1 Å². The van der Waals surface area contributed by atoms with E-state index in [1.54, 1.807) is 25.8 Å². The summed E-state index contributed by atoms with van der Waals surface area (Å²) in [4.78, 5) is 16.1. The van der Waals surface area contributed by atoms with E-state index >= 15 is 0 Å². The molecule has 4 rings (SSSR count). The van der Waals surface area contributed by atoms with Gasteiger partial charge in [-0.05, 0) is 6.07 Å². The van der Waals surface area contributed by atoms with Gasteiger partial charge in [-0.25, -0.2) is 4.98 Å². The van der Waals surface area contributed by atoms with Gasteiger partial charge in [-0.2, -0.15) is 5.10 Å². The highest BCUT2D eigenvalue weighted by molar-refractivity contribution is 5.94. The third-order valence-electron chi connectivity index (χ3n) is 4.46. The Bertz CT molecular complexity index is 903. The Kier molecular flexibility index (Phi) is 4.30. The van der Waals surface area contributed by atoms with Crippen molar-refractivity contribution >= 4 is 11.7 Å². The summed E-state index contributed by atoms with van der Waals surface area (Å²) in [6, 6.07) is 5.73. The lowest BCUT2D eigenvalue weighted by Gasteiger charge is -2.25. The van der Waals surface area contributed by atoms with Crippen LogP contribution < -0.4 is 14.8 Å². The normalized spacial score (nSPS) is 16.0. The van der Waals surface area contributed by atoms with Crippen LogP contribution in [0.3, 0.4) is 0 Å². The number of rotatable bonds is 6. The zero-order chi connectivity index (χ0) is 17.9. The molecule has 1 amide bonds. The smallest absolute Gasteiger partial charge is 0.226 e. The number of fused-ring (bicyclic) bond motifs is 1. The van der Waals surface area contributed by atoms with Gasteiger partial charge < -0.3 is 19.4 Å². The number of benzene rings is 1. The minimum Gasteiger partial charge on any atom is -0.493 e. The quantitative estimate of drug-likeness (QED) is 0.708. The van der Waals surface area contributed by atoms with Crippen LogP contribution in [0.1, 0.15) is 23.5 Å². The van der Waals surface area contributed by atoms with Gasteiger partial charge in [-0.1, -0.05) is 12.1 Å². The van der Waals surface area contributed by atoms with Crippen LogP contribution in [-0.4, -0.2) is 39.4 Å². The van der Waals surface area contributed by atoms with Crippen LogP contribution in [0.4, 0.5) is 5.82 Å². The molecule has 26 heavy (non-hydrogen) atoms. The van der Waals surface area contributed by atoms with E-state index in [2.05, 4.69) is 20.5 Å². The zero-order valence-corrected chi connectivity index (χ0v) is 14.3.